The summed E-state index contributed by atoms with van der Waals surface area (Å²) in [5.41, 5.74) is 2.63. The number of hydrogen-bond acceptors (Lipinski definition) is 5. The van der Waals surface area contributed by atoms with Crippen LogP contribution in [-0.4, -0.2) is 35.6 Å². The lowest BCUT2D eigenvalue weighted by molar-refractivity contribution is 0.0586. The van der Waals surface area contributed by atoms with Crippen LogP contribution in [0.15, 0.2) is 36.5 Å². The molecule has 1 aliphatic rings. The lowest BCUT2D eigenvalue weighted by Crippen LogP contribution is -2.28. The van der Waals surface area contributed by atoms with Crippen molar-refractivity contribution in [2.24, 2.45) is 0 Å². The molecular formula is C18H21N3O2. The van der Waals surface area contributed by atoms with Crippen LogP contribution in [-0.2, 0) is 4.74 Å². The first-order chi connectivity index (χ1) is 11.1. The van der Waals surface area contributed by atoms with Gasteiger partial charge in [0.25, 0.3) is 0 Å². The first kappa shape index (κ1) is 15.5. The van der Waals surface area contributed by atoms with E-state index in [-0.39, 0.29) is 5.82 Å². The maximum atomic E-state index is 11.6. The van der Waals surface area contributed by atoms with Crippen LogP contribution in [0.2, 0.25) is 0 Å². The van der Waals surface area contributed by atoms with E-state index in [1.54, 1.807) is 6.20 Å². The van der Waals surface area contributed by atoms with Crippen molar-refractivity contribution in [2.45, 2.75) is 32.2 Å². The van der Waals surface area contributed by atoms with E-state index in [9.17, 15) is 4.79 Å². The van der Waals surface area contributed by atoms with Gasteiger partial charge in [-0.05, 0) is 31.9 Å². The molecule has 120 valence electrons. The van der Waals surface area contributed by atoms with E-state index in [0.29, 0.717) is 12.0 Å². The van der Waals surface area contributed by atoms with Gasteiger partial charge in [-0.3, -0.25) is 0 Å². The second-order valence-electron chi connectivity index (χ2n) is 6.07. The summed E-state index contributed by atoms with van der Waals surface area (Å²) in [5, 5.41) is 0. The number of carbonyl (C=O) groups is 1. The van der Waals surface area contributed by atoms with Crippen molar-refractivity contribution in [2.75, 3.05) is 18.6 Å². The van der Waals surface area contributed by atoms with E-state index < -0.39 is 5.97 Å². The van der Waals surface area contributed by atoms with Crippen LogP contribution in [0.5, 0.6) is 0 Å². The number of methoxy groups -OCH3 is 1. The Morgan fingerprint density at radius 1 is 1.26 bits per heavy atom. The van der Waals surface area contributed by atoms with Crippen LogP contribution in [0.25, 0.3) is 0 Å². The number of aryl methyl sites for hydroxylation is 1. The number of carbonyl (C=O) groups excluding carboxylic acids is 1. The summed E-state index contributed by atoms with van der Waals surface area (Å²) in [7, 11) is 1.34. The molecule has 1 aromatic heterocycles. The third-order valence-corrected chi connectivity index (χ3v) is 4.43. The van der Waals surface area contributed by atoms with Gasteiger partial charge >= 0.3 is 5.97 Å². The summed E-state index contributed by atoms with van der Waals surface area (Å²) in [6.45, 7) is 5.18. The molecule has 0 spiro atoms. The molecule has 0 bridgehead atoms. The average molecular weight is 311 g/mol. The molecule has 2 heterocycles. The predicted molar refractivity (Wildman–Crippen MR) is 88.7 cm³/mol. The van der Waals surface area contributed by atoms with Crippen molar-refractivity contribution in [1.82, 2.24) is 9.97 Å². The van der Waals surface area contributed by atoms with Gasteiger partial charge in [0.1, 0.15) is 5.82 Å². The maximum Gasteiger partial charge on any atom is 0.376 e. The summed E-state index contributed by atoms with van der Waals surface area (Å²) in [6, 6.07) is 10.9. The van der Waals surface area contributed by atoms with Crippen molar-refractivity contribution < 1.29 is 9.53 Å². The van der Waals surface area contributed by atoms with E-state index in [0.717, 1.165) is 18.8 Å². The number of rotatable bonds is 3. The second kappa shape index (κ2) is 6.36. The number of benzene rings is 1. The van der Waals surface area contributed by atoms with Crippen LogP contribution in [0.4, 0.5) is 5.82 Å². The third kappa shape index (κ3) is 3.18. The zero-order valence-corrected chi connectivity index (χ0v) is 13.7. The lowest BCUT2D eigenvalue weighted by Gasteiger charge is -2.22. The molecule has 0 amide bonds. The third-order valence-electron chi connectivity index (χ3n) is 4.43. The van der Waals surface area contributed by atoms with Gasteiger partial charge in [-0.1, -0.05) is 29.8 Å². The quantitative estimate of drug-likeness (QED) is 0.816. The molecule has 0 radical (unpaired) electrons. The molecule has 0 saturated carbocycles. The minimum atomic E-state index is -0.506. The first-order valence-electron chi connectivity index (χ1n) is 7.83. The molecular weight excluding hydrogens is 290 g/mol. The van der Waals surface area contributed by atoms with Gasteiger partial charge < -0.3 is 9.64 Å². The molecule has 2 unspecified atom stereocenters. The van der Waals surface area contributed by atoms with Crippen LogP contribution in [0.1, 0.15) is 41.0 Å². The standard InChI is InChI=1S/C18H21N3O2/c1-12-4-6-14(7-5-12)15-10-13(2)21(11-15)16-8-9-19-17(20-16)18(22)23-3/h4-9,13,15H,10-11H2,1-3H3. The van der Waals surface area contributed by atoms with Gasteiger partial charge in [-0.25, -0.2) is 14.8 Å². The smallest absolute Gasteiger partial charge is 0.376 e. The Bertz CT molecular complexity index is 700. The van der Waals surface area contributed by atoms with Crippen molar-refractivity contribution >= 4 is 11.8 Å². The van der Waals surface area contributed by atoms with Crippen molar-refractivity contribution in [1.29, 1.82) is 0 Å². The zero-order chi connectivity index (χ0) is 16.4. The Morgan fingerprint density at radius 3 is 2.70 bits per heavy atom. The number of nitrogens with zero attached hydrogens (tertiary/aromatic N) is 3. The van der Waals surface area contributed by atoms with Crippen LogP contribution in [0.3, 0.4) is 0 Å². The molecule has 5 heteroatoms. The van der Waals surface area contributed by atoms with E-state index in [2.05, 4.69) is 53.0 Å². The summed E-state index contributed by atoms with van der Waals surface area (Å²) in [6.07, 6.45) is 2.68. The monoisotopic (exact) mass is 311 g/mol. The Balaban J connectivity index is 1.81. The Hall–Kier alpha value is -2.43. The molecule has 3 rings (SSSR count). The fourth-order valence-electron chi connectivity index (χ4n) is 3.13. The molecule has 1 fully saturated rings. The minimum absolute atomic E-state index is 0.107. The van der Waals surface area contributed by atoms with Gasteiger partial charge in [-0.2, -0.15) is 0 Å². The summed E-state index contributed by atoms with van der Waals surface area (Å²) in [5.74, 6) is 0.856. The SMILES string of the molecule is COC(=O)c1nccc(N2CC(c3ccc(C)cc3)CC2C)n1. The maximum absolute atomic E-state index is 11.6. The number of esters is 1. The van der Waals surface area contributed by atoms with Crippen LogP contribution >= 0.6 is 0 Å². The summed E-state index contributed by atoms with van der Waals surface area (Å²) in [4.78, 5) is 22.2. The van der Waals surface area contributed by atoms with E-state index in [4.69, 9.17) is 4.74 Å². The van der Waals surface area contributed by atoms with Gasteiger partial charge in [-0.15, -0.1) is 0 Å². The second-order valence-corrected chi connectivity index (χ2v) is 6.07. The molecule has 0 aliphatic carbocycles. The fraction of sp³-hybridized carbons (Fsp3) is 0.389. The van der Waals surface area contributed by atoms with Crippen LogP contribution < -0.4 is 4.90 Å². The van der Waals surface area contributed by atoms with Gasteiger partial charge in [0.05, 0.1) is 7.11 Å². The normalized spacial score (nSPS) is 20.6. The van der Waals surface area contributed by atoms with Crippen molar-refractivity contribution in [3.8, 4) is 0 Å². The highest BCUT2D eigenvalue weighted by Gasteiger charge is 2.31. The number of anilines is 1. The Morgan fingerprint density at radius 2 is 2.00 bits per heavy atom. The highest BCUT2D eigenvalue weighted by molar-refractivity contribution is 5.85. The molecule has 0 N–H and O–H groups in total. The molecule has 1 aliphatic heterocycles. The molecule has 1 aromatic carbocycles. The first-order valence-corrected chi connectivity index (χ1v) is 7.83. The van der Waals surface area contributed by atoms with Gasteiger partial charge in [0.2, 0.25) is 5.82 Å². The Labute approximate surface area is 136 Å². The zero-order valence-electron chi connectivity index (χ0n) is 13.7. The van der Waals surface area contributed by atoms with Crippen molar-refractivity contribution in [3.63, 3.8) is 0 Å². The fourth-order valence-corrected chi connectivity index (χ4v) is 3.13. The van der Waals surface area contributed by atoms with Crippen LogP contribution in [0, 0.1) is 6.92 Å². The van der Waals surface area contributed by atoms with E-state index in [1.165, 1.54) is 18.2 Å². The molecule has 2 aromatic rings. The molecule has 1 saturated heterocycles. The highest BCUT2D eigenvalue weighted by atomic mass is 16.5. The van der Waals surface area contributed by atoms with E-state index in [1.807, 2.05) is 6.07 Å². The average Bonchev–Trinajstić information content (AvgIpc) is 2.96. The summed E-state index contributed by atoms with van der Waals surface area (Å²) >= 11 is 0. The highest BCUT2D eigenvalue weighted by Crippen LogP contribution is 2.34. The lowest BCUT2D eigenvalue weighted by atomic mass is 9.96. The summed E-state index contributed by atoms with van der Waals surface area (Å²) < 4.78 is 4.70. The van der Waals surface area contributed by atoms with Gasteiger partial charge in [0, 0.05) is 24.7 Å². The predicted octanol–water partition coefficient (Wildman–Crippen LogP) is 2.95. The molecule has 23 heavy (non-hydrogen) atoms. The number of hydrogen-bond donors (Lipinski definition) is 0. The number of aromatic nitrogens is 2. The van der Waals surface area contributed by atoms with E-state index >= 15 is 0 Å². The Kier molecular flexibility index (Phi) is 4.28. The topological polar surface area (TPSA) is 55.3 Å². The van der Waals surface area contributed by atoms with Crippen molar-refractivity contribution in [3.05, 3.63) is 53.5 Å². The molecule has 5 nitrogen and oxygen atoms in total. The minimum Gasteiger partial charge on any atom is -0.463 e. The molecule has 2 atom stereocenters. The van der Waals surface area contributed by atoms with Gasteiger partial charge in [0.15, 0.2) is 0 Å². The number of ether oxygens (including phenoxy) is 1. The largest absolute Gasteiger partial charge is 0.463 e.